The first kappa shape index (κ1) is 19.2. The number of aromatic nitrogens is 2. The molecule has 0 aromatic carbocycles. The maximum absolute atomic E-state index is 13.0. The van der Waals surface area contributed by atoms with Gasteiger partial charge in [-0.3, -0.25) is 14.4 Å². The molecule has 7 heteroatoms. The van der Waals surface area contributed by atoms with Gasteiger partial charge in [0, 0.05) is 43.4 Å². The van der Waals surface area contributed by atoms with E-state index >= 15 is 0 Å². The number of amides is 2. The number of fused-ring (bicyclic) bond motifs is 4. The standard InChI is InChI=1S/C21H30N4O3/c1-3-18-22-13(2)17(20(27)23-18)9-19(26)24-11-15-7-8-16(12-24)25(21(15)28)10-14-5-4-6-14/h14-16H,3-12H2,1-2H3,(H,22,23,27)/t15-,16+/m1/s1. The van der Waals surface area contributed by atoms with Crippen LogP contribution in [0.15, 0.2) is 4.79 Å². The van der Waals surface area contributed by atoms with Crippen LogP contribution in [-0.4, -0.2) is 57.3 Å². The number of H-pyrrole nitrogens is 1. The largest absolute Gasteiger partial charge is 0.340 e. The van der Waals surface area contributed by atoms with Gasteiger partial charge in [0.15, 0.2) is 0 Å². The molecule has 3 aliphatic heterocycles. The van der Waals surface area contributed by atoms with Crippen molar-refractivity contribution in [2.45, 2.75) is 64.8 Å². The highest BCUT2D eigenvalue weighted by molar-refractivity contribution is 5.84. The highest BCUT2D eigenvalue weighted by Crippen LogP contribution is 2.34. The highest BCUT2D eigenvalue weighted by atomic mass is 16.2. The van der Waals surface area contributed by atoms with Gasteiger partial charge in [0.05, 0.1) is 12.3 Å². The topological polar surface area (TPSA) is 86.4 Å². The van der Waals surface area contributed by atoms with E-state index in [1.54, 1.807) is 6.92 Å². The van der Waals surface area contributed by atoms with Gasteiger partial charge in [-0.05, 0) is 38.5 Å². The van der Waals surface area contributed by atoms with Gasteiger partial charge >= 0.3 is 0 Å². The Balaban J connectivity index is 1.48. The predicted molar refractivity (Wildman–Crippen MR) is 105 cm³/mol. The summed E-state index contributed by atoms with van der Waals surface area (Å²) >= 11 is 0. The van der Waals surface area contributed by atoms with Crippen molar-refractivity contribution < 1.29 is 9.59 Å². The number of carbonyl (C=O) groups is 2. The maximum atomic E-state index is 13.0. The van der Waals surface area contributed by atoms with Gasteiger partial charge in [-0.1, -0.05) is 13.3 Å². The molecule has 152 valence electrons. The first-order valence-corrected chi connectivity index (χ1v) is 10.6. The summed E-state index contributed by atoms with van der Waals surface area (Å²) in [6.07, 6.45) is 6.23. The minimum Gasteiger partial charge on any atom is -0.340 e. The molecule has 4 fully saturated rings. The molecule has 2 amide bonds. The third-order valence-electron chi connectivity index (χ3n) is 6.76. The Morgan fingerprint density at radius 3 is 2.61 bits per heavy atom. The number of nitrogens with one attached hydrogen (secondary N) is 1. The van der Waals surface area contributed by atoms with Crippen molar-refractivity contribution in [2.24, 2.45) is 11.8 Å². The number of hydrogen-bond donors (Lipinski definition) is 1. The Morgan fingerprint density at radius 2 is 1.96 bits per heavy atom. The fourth-order valence-corrected chi connectivity index (χ4v) is 4.75. The highest BCUT2D eigenvalue weighted by Gasteiger charge is 2.42. The van der Waals surface area contributed by atoms with Gasteiger partial charge in [0.25, 0.3) is 5.56 Å². The van der Waals surface area contributed by atoms with E-state index in [2.05, 4.69) is 14.9 Å². The van der Waals surface area contributed by atoms with E-state index in [1.807, 2.05) is 11.8 Å². The molecule has 1 aliphatic carbocycles. The monoisotopic (exact) mass is 386 g/mol. The second-order valence-corrected chi connectivity index (χ2v) is 8.62. The van der Waals surface area contributed by atoms with E-state index in [0.717, 1.165) is 19.4 Å². The molecule has 2 bridgehead atoms. The van der Waals surface area contributed by atoms with E-state index in [0.29, 0.717) is 42.5 Å². The fraction of sp³-hybridized carbons (Fsp3) is 0.714. The van der Waals surface area contributed by atoms with Crippen LogP contribution in [0, 0.1) is 18.8 Å². The number of nitrogens with zero attached hydrogens (tertiary/aromatic N) is 3. The van der Waals surface area contributed by atoms with Gasteiger partial charge in [0.1, 0.15) is 5.82 Å². The molecule has 7 nitrogen and oxygen atoms in total. The average Bonchev–Trinajstić information content (AvgIpc) is 2.92. The zero-order valence-electron chi connectivity index (χ0n) is 16.9. The van der Waals surface area contributed by atoms with Gasteiger partial charge in [-0.25, -0.2) is 4.98 Å². The smallest absolute Gasteiger partial charge is 0.254 e. The van der Waals surface area contributed by atoms with Gasteiger partial charge < -0.3 is 14.8 Å². The van der Waals surface area contributed by atoms with E-state index in [1.165, 1.54) is 19.3 Å². The molecule has 1 aromatic rings. The van der Waals surface area contributed by atoms with E-state index in [-0.39, 0.29) is 35.8 Å². The zero-order valence-corrected chi connectivity index (χ0v) is 16.9. The van der Waals surface area contributed by atoms with Crippen molar-refractivity contribution in [2.75, 3.05) is 19.6 Å². The van der Waals surface area contributed by atoms with Crippen LogP contribution in [-0.2, 0) is 22.4 Å². The lowest BCUT2D eigenvalue weighted by atomic mass is 9.83. The molecule has 0 unspecified atom stereocenters. The van der Waals surface area contributed by atoms with Crippen LogP contribution in [0.4, 0.5) is 0 Å². The molecule has 28 heavy (non-hydrogen) atoms. The molecule has 5 rings (SSSR count). The summed E-state index contributed by atoms with van der Waals surface area (Å²) in [5.41, 5.74) is 0.837. The lowest BCUT2D eigenvalue weighted by molar-refractivity contribution is -0.141. The minimum atomic E-state index is -0.224. The summed E-state index contributed by atoms with van der Waals surface area (Å²) in [6, 6.07) is 0.121. The zero-order chi connectivity index (χ0) is 19.8. The van der Waals surface area contributed by atoms with E-state index in [9.17, 15) is 14.4 Å². The molecule has 2 atom stereocenters. The van der Waals surface area contributed by atoms with Crippen LogP contribution in [0.25, 0.3) is 0 Å². The Kier molecular flexibility index (Phi) is 5.25. The molecule has 4 heterocycles. The first-order chi connectivity index (χ1) is 13.5. The second-order valence-electron chi connectivity index (χ2n) is 8.62. The van der Waals surface area contributed by atoms with Crippen LogP contribution in [0.1, 0.15) is 56.1 Å². The third-order valence-corrected chi connectivity index (χ3v) is 6.76. The molecule has 0 radical (unpaired) electrons. The normalized spacial score (nSPS) is 25.0. The number of rotatable bonds is 5. The third kappa shape index (κ3) is 3.59. The summed E-state index contributed by atoms with van der Waals surface area (Å²) in [7, 11) is 0. The summed E-state index contributed by atoms with van der Waals surface area (Å²) in [4.78, 5) is 49.3. The number of hydrogen-bond acceptors (Lipinski definition) is 4. The van der Waals surface area contributed by atoms with E-state index in [4.69, 9.17) is 0 Å². The van der Waals surface area contributed by atoms with Crippen LogP contribution in [0.2, 0.25) is 0 Å². The molecular formula is C21H30N4O3. The summed E-state index contributed by atoms with van der Waals surface area (Å²) in [5, 5.41) is 0. The van der Waals surface area contributed by atoms with Gasteiger partial charge in [-0.15, -0.1) is 0 Å². The Hall–Kier alpha value is -2.18. The van der Waals surface area contributed by atoms with Gasteiger partial charge in [0.2, 0.25) is 11.8 Å². The van der Waals surface area contributed by atoms with Crippen molar-refractivity contribution in [3.8, 4) is 0 Å². The van der Waals surface area contributed by atoms with Gasteiger partial charge in [-0.2, -0.15) is 0 Å². The number of piperidine rings is 1. The van der Waals surface area contributed by atoms with Crippen LogP contribution in [0.3, 0.4) is 0 Å². The molecule has 0 spiro atoms. The SMILES string of the molecule is CCc1nc(C)c(CC(=O)N2C[C@H]3CC[C@@H](C2)N(CC2CCC2)C3=O)c(=O)[nH]1. The Bertz CT molecular complexity index is 829. The van der Waals surface area contributed by atoms with Crippen LogP contribution in [0.5, 0.6) is 0 Å². The summed E-state index contributed by atoms with van der Waals surface area (Å²) in [6.45, 7) is 5.64. The number of carbonyl (C=O) groups excluding carboxylic acids is 2. The van der Waals surface area contributed by atoms with Crippen molar-refractivity contribution in [1.82, 2.24) is 19.8 Å². The minimum absolute atomic E-state index is 0.0500. The average molecular weight is 386 g/mol. The lowest BCUT2D eigenvalue weighted by Crippen LogP contribution is -2.50. The summed E-state index contributed by atoms with van der Waals surface area (Å²) in [5.74, 6) is 1.33. The number of aromatic amines is 1. The molecular weight excluding hydrogens is 356 g/mol. The Morgan fingerprint density at radius 1 is 1.18 bits per heavy atom. The molecule has 4 aliphatic rings. The van der Waals surface area contributed by atoms with Crippen LogP contribution < -0.4 is 5.56 Å². The fourth-order valence-electron chi connectivity index (χ4n) is 4.75. The second kappa shape index (κ2) is 7.68. The molecule has 1 saturated carbocycles. The first-order valence-electron chi connectivity index (χ1n) is 10.6. The van der Waals surface area contributed by atoms with E-state index < -0.39 is 0 Å². The summed E-state index contributed by atoms with van der Waals surface area (Å²) < 4.78 is 0. The maximum Gasteiger partial charge on any atom is 0.254 e. The molecule has 1 N–H and O–H groups in total. The predicted octanol–water partition coefficient (Wildman–Crippen LogP) is 1.43. The van der Waals surface area contributed by atoms with Crippen molar-refractivity contribution in [3.05, 3.63) is 27.4 Å². The molecule has 3 saturated heterocycles. The van der Waals surface area contributed by atoms with Crippen molar-refractivity contribution >= 4 is 11.8 Å². The van der Waals surface area contributed by atoms with Crippen LogP contribution >= 0.6 is 0 Å². The Labute approximate surface area is 165 Å². The van der Waals surface area contributed by atoms with Crippen molar-refractivity contribution in [1.29, 1.82) is 0 Å². The molecule has 1 aromatic heterocycles. The van der Waals surface area contributed by atoms with Crippen molar-refractivity contribution in [3.63, 3.8) is 0 Å². The number of aryl methyl sites for hydroxylation is 2. The lowest BCUT2D eigenvalue weighted by Gasteiger charge is -2.40. The quantitative estimate of drug-likeness (QED) is 0.829.